The van der Waals surface area contributed by atoms with Crippen molar-refractivity contribution in [1.29, 1.82) is 0 Å². The van der Waals surface area contributed by atoms with E-state index in [1.165, 1.54) is 29.4 Å². The summed E-state index contributed by atoms with van der Waals surface area (Å²) < 4.78 is 15.6. The summed E-state index contributed by atoms with van der Waals surface area (Å²) in [5, 5.41) is 4.21. The number of rotatable bonds is 4. The van der Waals surface area contributed by atoms with Crippen LogP contribution in [0.2, 0.25) is 15.1 Å². The fourth-order valence-electron chi connectivity index (χ4n) is 3.73. The van der Waals surface area contributed by atoms with Gasteiger partial charge in [0.15, 0.2) is 11.5 Å². The van der Waals surface area contributed by atoms with Crippen LogP contribution < -0.4 is 10.9 Å². The summed E-state index contributed by atoms with van der Waals surface area (Å²) in [6.45, 7) is 1.85. The maximum absolute atomic E-state index is 14.2. The normalized spacial score (nSPS) is 12.4. The highest BCUT2D eigenvalue weighted by molar-refractivity contribution is 6.36. The molecule has 2 aromatic carbocycles. The second-order valence-corrected chi connectivity index (χ2v) is 8.54. The Labute approximate surface area is 201 Å². The summed E-state index contributed by atoms with van der Waals surface area (Å²) in [4.78, 5) is 29.2. The third-order valence-electron chi connectivity index (χ3n) is 5.27. The lowest BCUT2D eigenvalue weighted by atomic mass is 10.1. The fraction of sp³-hybridized carbons (Fsp3) is 0.0909. The molecule has 5 rings (SSSR count). The Morgan fingerprint density at radius 2 is 1.91 bits per heavy atom. The number of anilines is 1. The van der Waals surface area contributed by atoms with Gasteiger partial charge in [-0.05, 0) is 42.6 Å². The predicted octanol–water partition coefficient (Wildman–Crippen LogP) is 5.93. The first-order valence-corrected chi connectivity index (χ1v) is 10.9. The molecule has 1 atom stereocenters. The highest BCUT2D eigenvalue weighted by atomic mass is 35.5. The van der Waals surface area contributed by atoms with Gasteiger partial charge in [-0.3, -0.25) is 9.36 Å². The van der Waals surface area contributed by atoms with Crippen molar-refractivity contribution in [2.75, 3.05) is 5.32 Å². The van der Waals surface area contributed by atoms with Crippen molar-refractivity contribution in [2.45, 2.75) is 13.0 Å². The zero-order chi connectivity index (χ0) is 23.3. The molecule has 0 spiro atoms. The molecule has 2 N–H and O–H groups in total. The van der Waals surface area contributed by atoms with Gasteiger partial charge in [-0.2, -0.15) is 0 Å². The standard InChI is InChI=1S/C22H14Cl3FN6O/c1-10(31-21-19-20(28-8-27-19)29-9-30-21)15-6-11-2-5-14(26)18(25)17(11)22(33)32(15)16-7-12(23)3-4-13(16)24/h2-10H,1H3,(H2,27,28,29,30,31). The molecule has 3 heterocycles. The first-order chi connectivity index (χ1) is 15.8. The lowest BCUT2D eigenvalue weighted by molar-refractivity contribution is 0.629. The number of aromatic nitrogens is 5. The lowest BCUT2D eigenvalue weighted by Crippen LogP contribution is -2.26. The van der Waals surface area contributed by atoms with Crippen LogP contribution in [-0.4, -0.2) is 24.5 Å². The van der Waals surface area contributed by atoms with Crippen LogP contribution in [0.15, 0.2) is 53.8 Å². The molecule has 33 heavy (non-hydrogen) atoms. The van der Waals surface area contributed by atoms with Crippen LogP contribution in [0, 0.1) is 5.82 Å². The minimum absolute atomic E-state index is 0.0420. The summed E-state index contributed by atoms with van der Waals surface area (Å²) in [5.41, 5.74) is 1.45. The van der Waals surface area contributed by atoms with Crippen molar-refractivity contribution < 1.29 is 4.39 Å². The zero-order valence-corrected chi connectivity index (χ0v) is 19.2. The number of aromatic amines is 1. The number of H-pyrrole nitrogens is 1. The summed E-state index contributed by atoms with van der Waals surface area (Å²) >= 11 is 18.8. The topological polar surface area (TPSA) is 88.5 Å². The monoisotopic (exact) mass is 502 g/mol. The molecule has 11 heteroatoms. The van der Waals surface area contributed by atoms with Crippen LogP contribution in [0.5, 0.6) is 0 Å². The Kier molecular flexibility index (Phi) is 5.44. The van der Waals surface area contributed by atoms with E-state index in [0.29, 0.717) is 43.8 Å². The molecule has 0 aliphatic rings. The van der Waals surface area contributed by atoms with Crippen LogP contribution in [0.3, 0.4) is 0 Å². The molecule has 166 valence electrons. The number of benzene rings is 2. The van der Waals surface area contributed by atoms with Gasteiger partial charge in [-0.1, -0.05) is 40.9 Å². The lowest BCUT2D eigenvalue weighted by Gasteiger charge is -2.22. The molecule has 0 saturated carbocycles. The summed E-state index contributed by atoms with van der Waals surface area (Å²) in [7, 11) is 0. The maximum Gasteiger partial charge on any atom is 0.264 e. The molecule has 0 aliphatic heterocycles. The van der Waals surface area contributed by atoms with Crippen LogP contribution in [0.1, 0.15) is 18.7 Å². The summed E-state index contributed by atoms with van der Waals surface area (Å²) in [6, 6.07) is 8.79. The molecular formula is C22H14Cl3FN6O. The van der Waals surface area contributed by atoms with Crippen LogP contribution in [0.4, 0.5) is 10.2 Å². The van der Waals surface area contributed by atoms with E-state index in [1.54, 1.807) is 24.3 Å². The van der Waals surface area contributed by atoms with Gasteiger partial charge in [0, 0.05) is 10.7 Å². The Bertz CT molecular complexity index is 1600. The molecule has 0 fully saturated rings. The minimum atomic E-state index is -0.689. The van der Waals surface area contributed by atoms with Gasteiger partial charge in [0.2, 0.25) is 0 Å². The second-order valence-electron chi connectivity index (χ2n) is 7.32. The van der Waals surface area contributed by atoms with E-state index in [-0.39, 0.29) is 10.4 Å². The highest BCUT2D eigenvalue weighted by Crippen LogP contribution is 2.32. The van der Waals surface area contributed by atoms with E-state index in [4.69, 9.17) is 34.8 Å². The van der Waals surface area contributed by atoms with Crippen molar-refractivity contribution in [3.63, 3.8) is 0 Å². The van der Waals surface area contributed by atoms with Crippen molar-refractivity contribution >= 4 is 62.6 Å². The minimum Gasteiger partial charge on any atom is -0.360 e. The van der Waals surface area contributed by atoms with Crippen molar-refractivity contribution in [3.8, 4) is 5.69 Å². The zero-order valence-electron chi connectivity index (χ0n) is 16.9. The molecule has 0 bridgehead atoms. The van der Waals surface area contributed by atoms with E-state index in [9.17, 15) is 9.18 Å². The van der Waals surface area contributed by atoms with Gasteiger partial charge in [0.1, 0.15) is 17.7 Å². The van der Waals surface area contributed by atoms with Crippen LogP contribution >= 0.6 is 34.8 Å². The number of hydrogen-bond donors (Lipinski definition) is 2. The Morgan fingerprint density at radius 1 is 1.09 bits per heavy atom. The van der Waals surface area contributed by atoms with Crippen molar-refractivity contribution in [1.82, 2.24) is 24.5 Å². The quantitative estimate of drug-likeness (QED) is 0.317. The van der Waals surface area contributed by atoms with Gasteiger partial charge in [-0.15, -0.1) is 0 Å². The molecule has 0 amide bonds. The third kappa shape index (κ3) is 3.70. The second kappa shape index (κ2) is 8.30. The Hall–Kier alpha value is -3.20. The van der Waals surface area contributed by atoms with Crippen molar-refractivity contribution in [2.24, 2.45) is 0 Å². The van der Waals surface area contributed by atoms with E-state index in [0.717, 1.165) is 0 Å². The third-order valence-corrected chi connectivity index (χ3v) is 6.19. The van der Waals surface area contributed by atoms with Gasteiger partial charge >= 0.3 is 0 Å². The largest absolute Gasteiger partial charge is 0.360 e. The molecule has 5 aromatic rings. The Balaban J connectivity index is 1.77. The smallest absolute Gasteiger partial charge is 0.264 e. The van der Waals surface area contributed by atoms with Crippen LogP contribution in [-0.2, 0) is 0 Å². The summed E-state index contributed by atoms with van der Waals surface area (Å²) in [5.74, 6) is -0.215. The van der Waals surface area contributed by atoms with Gasteiger partial charge < -0.3 is 10.3 Å². The number of pyridine rings is 1. The average molecular weight is 504 g/mol. The number of nitrogens with zero attached hydrogens (tertiary/aromatic N) is 4. The van der Waals surface area contributed by atoms with E-state index in [2.05, 4.69) is 25.3 Å². The molecular weight excluding hydrogens is 490 g/mol. The Morgan fingerprint density at radius 3 is 2.73 bits per heavy atom. The molecule has 1 unspecified atom stereocenters. The van der Waals surface area contributed by atoms with E-state index < -0.39 is 17.4 Å². The molecule has 0 saturated heterocycles. The first kappa shape index (κ1) is 21.6. The number of hydrogen-bond acceptors (Lipinski definition) is 5. The molecule has 7 nitrogen and oxygen atoms in total. The summed E-state index contributed by atoms with van der Waals surface area (Å²) in [6.07, 6.45) is 2.92. The fourth-order valence-corrected chi connectivity index (χ4v) is 4.35. The number of fused-ring (bicyclic) bond motifs is 2. The number of imidazole rings is 1. The maximum atomic E-state index is 14.2. The predicted molar refractivity (Wildman–Crippen MR) is 128 cm³/mol. The van der Waals surface area contributed by atoms with E-state index >= 15 is 0 Å². The highest BCUT2D eigenvalue weighted by Gasteiger charge is 2.22. The first-order valence-electron chi connectivity index (χ1n) is 9.75. The molecule has 3 aromatic heterocycles. The number of nitrogens with one attached hydrogen (secondary N) is 2. The van der Waals surface area contributed by atoms with Gasteiger partial charge in [0.05, 0.1) is 33.5 Å². The molecule has 0 radical (unpaired) electrons. The number of halogens is 4. The van der Waals surface area contributed by atoms with Gasteiger partial charge in [0.25, 0.3) is 5.56 Å². The molecule has 0 aliphatic carbocycles. The van der Waals surface area contributed by atoms with Gasteiger partial charge in [-0.25, -0.2) is 19.3 Å². The van der Waals surface area contributed by atoms with Crippen LogP contribution in [0.25, 0.3) is 27.6 Å². The van der Waals surface area contributed by atoms with Crippen molar-refractivity contribution in [3.05, 3.63) is 86.0 Å². The van der Waals surface area contributed by atoms with E-state index in [1.807, 2.05) is 6.92 Å². The SMILES string of the molecule is CC(Nc1ncnc2[nH]cnc12)c1cc2ccc(F)c(Cl)c2c(=O)n1-c1cc(Cl)ccc1Cl. The average Bonchev–Trinajstić information content (AvgIpc) is 3.28.